The number of ketones is 1. The smallest absolute Gasteiger partial charge is 0.146 e. The second-order valence-electron chi connectivity index (χ2n) is 3.83. The topological polar surface area (TPSA) is 43.1 Å². The fraction of sp³-hybridized carbons (Fsp3) is 0.889. The minimum absolute atomic E-state index is 0.144. The van der Waals surface area contributed by atoms with Gasteiger partial charge in [0, 0.05) is 6.42 Å². The van der Waals surface area contributed by atoms with Crippen molar-refractivity contribution in [3.63, 3.8) is 0 Å². The van der Waals surface area contributed by atoms with Crippen molar-refractivity contribution in [1.82, 2.24) is 0 Å². The molecule has 0 aliphatic heterocycles. The van der Waals surface area contributed by atoms with E-state index in [0.717, 1.165) is 12.8 Å². The summed E-state index contributed by atoms with van der Waals surface area (Å²) >= 11 is 0. The fourth-order valence-corrected chi connectivity index (χ4v) is 1.37. The molecule has 0 amide bonds. The zero-order chi connectivity index (χ0) is 8.91. The Kier molecular flexibility index (Phi) is 4.34. The molecule has 0 rings (SSSR count). The van der Waals surface area contributed by atoms with E-state index in [9.17, 15) is 4.79 Å². The first-order valence-electron chi connectivity index (χ1n) is 4.23. The predicted octanol–water partition coefficient (Wildman–Crippen LogP) is 1.73. The summed E-state index contributed by atoms with van der Waals surface area (Å²) in [6, 6.07) is 0. The molecule has 66 valence electrons. The van der Waals surface area contributed by atoms with Crippen molar-refractivity contribution < 1.29 is 4.79 Å². The largest absolute Gasteiger partial charge is 0.324 e. The molecule has 2 nitrogen and oxygen atoms in total. The van der Waals surface area contributed by atoms with Crippen molar-refractivity contribution in [2.45, 2.75) is 40.0 Å². The average molecular weight is 157 g/mol. The summed E-state index contributed by atoms with van der Waals surface area (Å²) in [5, 5.41) is 0. The van der Waals surface area contributed by atoms with Gasteiger partial charge in [-0.15, -0.1) is 0 Å². The van der Waals surface area contributed by atoms with Gasteiger partial charge >= 0.3 is 0 Å². The highest BCUT2D eigenvalue weighted by atomic mass is 16.1. The molecule has 0 saturated carbocycles. The molecule has 0 aliphatic carbocycles. The molecule has 0 bridgehead atoms. The van der Waals surface area contributed by atoms with E-state index in [-0.39, 0.29) is 17.7 Å². The zero-order valence-electron chi connectivity index (χ0n) is 7.81. The van der Waals surface area contributed by atoms with Crippen LogP contribution in [0.15, 0.2) is 0 Å². The van der Waals surface area contributed by atoms with E-state index in [1.165, 1.54) is 0 Å². The third-order valence-corrected chi connectivity index (χ3v) is 1.83. The normalized spacial score (nSPS) is 11.6. The molecule has 0 aromatic rings. The minimum Gasteiger partial charge on any atom is -0.324 e. The number of hydrogen-bond donors (Lipinski definition) is 1. The monoisotopic (exact) mass is 157 g/mol. The Hall–Kier alpha value is -0.370. The number of carbonyl (C=O) groups excluding carboxylic acids is 1. The number of nitrogens with two attached hydrogens (primary N) is 1. The number of hydrogen-bond acceptors (Lipinski definition) is 2. The second kappa shape index (κ2) is 4.50. The molecule has 0 unspecified atom stereocenters. The van der Waals surface area contributed by atoms with Crippen LogP contribution in [0.25, 0.3) is 0 Å². The first-order valence-corrected chi connectivity index (χ1v) is 4.23. The Morgan fingerprint density at radius 3 is 2.36 bits per heavy atom. The van der Waals surface area contributed by atoms with Crippen LogP contribution in [0.4, 0.5) is 0 Å². The highest BCUT2D eigenvalue weighted by molar-refractivity contribution is 5.80. The maximum atomic E-state index is 11.0. The lowest BCUT2D eigenvalue weighted by Gasteiger charge is -2.22. The Labute approximate surface area is 69.2 Å². The molecule has 0 spiro atoms. The molecule has 2 heteroatoms. The fourth-order valence-electron chi connectivity index (χ4n) is 1.37. The molecule has 0 aliphatic rings. The summed E-state index contributed by atoms with van der Waals surface area (Å²) in [6.07, 6.45) is 2.85. The minimum atomic E-state index is 0.144. The van der Waals surface area contributed by atoms with Crippen molar-refractivity contribution >= 4 is 5.78 Å². The molecule has 2 N–H and O–H groups in total. The van der Waals surface area contributed by atoms with E-state index in [1.807, 2.05) is 0 Å². The lowest BCUT2D eigenvalue weighted by molar-refractivity contribution is -0.119. The van der Waals surface area contributed by atoms with E-state index in [2.05, 4.69) is 20.8 Å². The number of carbonyl (C=O) groups is 1. The van der Waals surface area contributed by atoms with E-state index in [0.29, 0.717) is 6.42 Å². The summed E-state index contributed by atoms with van der Waals surface area (Å²) in [7, 11) is 0. The zero-order valence-corrected chi connectivity index (χ0v) is 7.81. The molecule has 0 aromatic heterocycles. The van der Waals surface area contributed by atoms with Crippen molar-refractivity contribution in [2.75, 3.05) is 6.54 Å². The van der Waals surface area contributed by atoms with Gasteiger partial charge in [0.2, 0.25) is 0 Å². The van der Waals surface area contributed by atoms with Gasteiger partial charge in [-0.1, -0.05) is 27.2 Å². The Morgan fingerprint density at radius 1 is 1.45 bits per heavy atom. The van der Waals surface area contributed by atoms with Gasteiger partial charge in [0.05, 0.1) is 6.54 Å². The van der Waals surface area contributed by atoms with Crippen LogP contribution in [0.1, 0.15) is 40.0 Å². The Balaban J connectivity index is 3.80. The molecule has 0 radical (unpaired) electrons. The summed E-state index contributed by atoms with van der Waals surface area (Å²) in [5.41, 5.74) is 5.37. The Morgan fingerprint density at radius 2 is 2.00 bits per heavy atom. The summed E-state index contributed by atoms with van der Waals surface area (Å²) < 4.78 is 0. The van der Waals surface area contributed by atoms with Crippen LogP contribution in [0, 0.1) is 5.41 Å². The maximum absolute atomic E-state index is 11.0. The van der Waals surface area contributed by atoms with Crippen LogP contribution >= 0.6 is 0 Å². The van der Waals surface area contributed by atoms with Gasteiger partial charge < -0.3 is 5.73 Å². The van der Waals surface area contributed by atoms with Gasteiger partial charge in [0.1, 0.15) is 5.78 Å². The second-order valence-corrected chi connectivity index (χ2v) is 3.83. The average Bonchev–Trinajstić information content (AvgIpc) is 1.86. The van der Waals surface area contributed by atoms with Crippen LogP contribution < -0.4 is 5.73 Å². The van der Waals surface area contributed by atoms with Crippen molar-refractivity contribution in [1.29, 1.82) is 0 Å². The summed E-state index contributed by atoms with van der Waals surface area (Å²) in [4.78, 5) is 11.0. The van der Waals surface area contributed by atoms with Gasteiger partial charge in [-0.3, -0.25) is 4.79 Å². The highest BCUT2D eigenvalue weighted by Crippen LogP contribution is 2.26. The van der Waals surface area contributed by atoms with Crippen LogP contribution in [0.2, 0.25) is 0 Å². The van der Waals surface area contributed by atoms with Gasteiger partial charge in [0.15, 0.2) is 0 Å². The molecular formula is C9H19NO. The molecule has 0 atom stereocenters. The number of rotatable bonds is 5. The first-order chi connectivity index (χ1) is 5.02. The maximum Gasteiger partial charge on any atom is 0.146 e. The predicted molar refractivity (Wildman–Crippen MR) is 47.4 cm³/mol. The van der Waals surface area contributed by atoms with Crippen LogP contribution in [-0.2, 0) is 4.79 Å². The number of Topliss-reactive ketones (excluding diaryl/α,β-unsaturated/α-hetero) is 1. The van der Waals surface area contributed by atoms with Crippen molar-refractivity contribution in [2.24, 2.45) is 11.1 Å². The molecular weight excluding hydrogens is 138 g/mol. The molecule has 0 fully saturated rings. The highest BCUT2D eigenvalue weighted by Gasteiger charge is 2.19. The van der Waals surface area contributed by atoms with Crippen molar-refractivity contribution in [3.05, 3.63) is 0 Å². The van der Waals surface area contributed by atoms with Crippen LogP contribution in [0.5, 0.6) is 0 Å². The van der Waals surface area contributed by atoms with Gasteiger partial charge in [-0.2, -0.15) is 0 Å². The standard InChI is InChI=1S/C9H19NO/c1-4-5-9(2,3)6-8(11)7-10/h4-7,10H2,1-3H3. The van der Waals surface area contributed by atoms with E-state index in [1.54, 1.807) is 0 Å². The molecule has 0 heterocycles. The SMILES string of the molecule is CCCC(C)(C)CC(=O)CN. The first kappa shape index (κ1) is 10.6. The Bertz CT molecular complexity index is 130. The van der Waals surface area contributed by atoms with Gasteiger partial charge in [-0.05, 0) is 11.8 Å². The summed E-state index contributed by atoms with van der Waals surface area (Å²) in [6.45, 7) is 6.55. The van der Waals surface area contributed by atoms with Gasteiger partial charge in [-0.25, -0.2) is 0 Å². The van der Waals surface area contributed by atoms with Crippen LogP contribution in [0.3, 0.4) is 0 Å². The third kappa shape index (κ3) is 4.96. The third-order valence-electron chi connectivity index (χ3n) is 1.83. The van der Waals surface area contributed by atoms with E-state index < -0.39 is 0 Å². The van der Waals surface area contributed by atoms with E-state index in [4.69, 9.17) is 5.73 Å². The van der Waals surface area contributed by atoms with Crippen LogP contribution in [-0.4, -0.2) is 12.3 Å². The molecule has 0 saturated heterocycles. The van der Waals surface area contributed by atoms with Crippen molar-refractivity contribution in [3.8, 4) is 0 Å². The van der Waals surface area contributed by atoms with E-state index >= 15 is 0 Å². The van der Waals surface area contributed by atoms with Gasteiger partial charge in [0.25, 0.3) is 0 Å². The molecule has 0 aromatic carbocycles. The summed E-state index contributed by atoms with van der Waals surface area (Å²) in [5.74, 6) is 0.170. The quantitative estimate of drug-likeness (QED) is 0.660. The lowest BCUT2D eigenvalue weighted by atomic mass is 9.83. The lowest BCUT2D eigenvalue weighted by Crippen LogP contribution is -2.22. The molecule has 11 heavy (non-hydrogen) atoms.